The lowest BCUT2D eigenvalue weighted by Crippen LogP contribution is -1.95. The van der Waals surface area contributed by atoms with Crippen LogP contribution < -0.4 is 4.74 Å². The lowest BCUT2D eigenvalue weighted by atomic mass is 10.1. The lowest BCUT2D eigenvalue weighted by molar-refractivity contribution is 0.105. The van der Waals surface area contributed by atoms with E-state index in [4.69, 9.17) is 4.74 Å². The van der Waals surface area contributed by atoms with E-state index in [1.54, 1.807) is 43.1 Å². The molecule has 2 aromatic carbocycles. The van der Waals surface area contributed by atoms with Crippen LogP contribution in [0.2, 0.25) is 0 Å². The Hall–Kier alpha value is -2.18. The quantitative estimate of drug-likeness (QED) is 0.488. The van der Waals surface area contributed by atoms with Crippen LogP contribution in [0.15, 0.2) is 53.4 Å². The molecule has 0 unspecified atom stereocenters. The van der Waals surface area contributed by atoms with Crippen molar-refractivity contribution in [3.05, 3.63) is 59.7 Å². The van der Waals surface area contributed by atoms with Crippen molar-refractivity contribution in [1.82, 2.24) is 0 Å². The van der Waals surface area contributed by atoms with E-state index in [0.717, 1.165) is 5.56 Å². The molecule has 100 valence electrons. The standard InChI is InChI=1S/C17H14O2S/c1-19-15-5-3-4-14(12-15)17(18)11-8-13-6-9-16(20-2)10-7-13/h3-7,9-10,12H,1-2H3. The Morgan fingerprint density at radius 1 is 1.15 bits per heavy atom. The van der Waals surface area contributed by atoms with E-state index in [-0.39, 0.29) is 5.78 Å². The van der Waals surface area contributed by atoms with Gasteiger partial charge in [0, 0.05) is 16.0 Å². The van der Waals surface area contributed by atoms with Crippen molar-refractivity contribution in [3.8, 4) is 17.6 Å². The van der Waals surface area contributed by atoms with Crippen molar-refractivity contribution in [2.75, 3.05) is 13.4 Å². The Labute approximate surface area is 123 Å². The van der Waals surface area contributed by atoms with Gasteiger partial charge in [0.1, 0.15) is 5.75 Å². The van der Waals surface area contributed by atoms with Gasteiger partial charge >= 0.3 is 0 Å². The number of benzene rings is 2. The van der Waals surface area contributed by atoms with Gasteiger partial charge in [0.05, 0.1) is 7.11 Å². The van der Waals surface area contributed by atoms with Gasteiger partial charge in [-0.15, -0.1) is 11.8 Å². The fourth-order valence-electron chi connectivity index (χ4n) is 1.64. The van der Waals surface area contributed by atoms with Crippen LogP contribution in [0.1, 0.15) is 15.9 Å². The van der Waals surface area contributed by atoms with E-state index >= 15 is 0 Å². The summed E-state index contributed by atoms with van der Waals surface area (Å²) in [5, 5.41) is 0. The van der Waals surface area contributed by atoms with Gasteiger partial charge in [-0.1, -0.05) is 18.1 Å². The first-order valence-electron chi connectivity index (χ1n) is 6.07. The molecule has 2 aromatic rings. The van der Waals surface area contributed by atoms with Crippen molar-refractivity contribution in [2.24, 2.45) is 0 Å². The Morgan fingerprint density at radius 2 is 1.90 bits per heavy atom. The molecule has 0 aliphatic heterocycles. The molecule has 0 saturated carbocycles. The Morgan fingerprint density at radius 3 is 2.55 bits per heavy atom. The van der Waals surface area contributed by atoms with Gasteiger partial charge in [-0.2, -0.15) is 0 Å². The summed E-state index contributed by atoms with van der Waals surface area (Å²) in [6.07, 6.45) is 2.02. The van der Waals surface area contributed by atoms with Crippen LogP contribution in [-0.2, 0) is 0 Å². The number of thioether (sulfide) groups is 1. The molecule has 2 nitrogen and oxygen atoms in total. The van der Waals surface area contributed by atoms with E-state index in [9.17, 15) is 4.79 Å². The molecule has 0 aliphatic rings. The highest BCUT2D eigenvalue weighted by molar-refractivity contribution is 7.98. The largest absolute Gasteiger partial charge is 0.497 e. The molecule has 0 fully saturated rings. The van der Waals surface area contributed by atoms with Crippen molar-refractivity contribution in [2.45, 2.75) is 4.90 Å². The molecular formula is C17H14O2S. The molecule has 0 heterocycles. The van der Waals surface area contributed by atoms with Crippen molar-refractivity contribution in [1.29, 1.82) is 0 Å². The topological polar surface area (TPSA) is 26.3 Å². The monoisotopic (exact) mass is 282 g/mol. The van der Waals surface area contributed by atoms with Gasteiger partial charge in [-0.25, -0.2) is 0 Å². The predicted octanol–water partition coefficient (Wildman–Crippen LogP) is 3.65. The lowest BCUT2D eigenvalue weighted by Gasteiger charge is -1.99. The summed E-state index contributed by atoms with van der Waals surface area (Å²) in [6, 6.07) is 14.8. The molecule has 0 N–H and O–H groups in total. The van der Waals surface area contributed by atoms with Crippen molar-refractivity contribution >= 4 is 17.5 Å². The highest BCUT2D eigenvalue weighted by Gasteiger charge is 2.03. The normalized spacial score (nSPS) is 9.50. The first-order valence-corrected chi connectivity index (χ1v) is 7.30. The van der Waals surface area contributed by atoms with Gasteiger partial charge in [-0.3, -0.25) is 4.79 Å². The summed E-state index contributed by atoms with van der Waals surface area (Å²) in [5.74, 6) is 5.98. The summed E-state index contributed by atoms with van der Waals surface area (Å²) < 4.78 is 5.09. The second kappa shape index (κ2) is 6.83. The second-order valence-corrected chi connectivity index (χ2v) is 4.92. The molecule has 0 atom stereocenters. The maximum atomic E-state index is 12.0. The third-order valence-electron chi connectivity index (χ3n) is 2.74. The second-order valence-electron chi connectivity index (χ2n) is 4.04. The van der Waals surface area contributed by atoms with E-state index in [2.05, 4.69) is 11.8 Å². The molecule has 20 heavy (non-hydrogen) atoms. The molecule has 0 saturated heterocycles. The SMILES string of the molecule is COc1cccc(C(=O)C#Cc2ccc(SC)cc2)c1. The number of ether oxygens (including phenoxy) is 1. The minimum atomic E-state index is -0.210. The number of carbonyl (C=O) groups is 1. The Balaban J connectivity index is 2.16. The van der Waals surface area contributed by atoms with Gasteiger partial charge in [-0.05, 0) is 48.6 Å². The minimum Gasteiger partial charge on any atom is -0.497 e. The summed E-state index contributed by atoms with van der Waals surface area (Å²) >= 11 is 1.67. The zero-order valence-corrected chi connectivity index (χ0v) is 12.2. The van der Waals surface area contributed by atoms with E-state index in [1.165, 1.54) is 4.90 Å². The zero-order chi connectivity index (χ0) is 14.4. The number of hydrogen-bond donors (Lipinski definition) is 0. The molecule has 0 radical (unpaired) electrons. The highest BCUT2D eigenvalue weighted by atomic mass is 32.2. The number of methoxy groups -OCH3 is 1. The van der Waals surface area contributed by atoms with Crippen LogP contribution in [0.3, 0.4) is 0 Å². The van der Waals surface area contributed by atoms with Crippen LogP contribution in [-0.4, -0.2) is 19.1 Å². The predicted molar refractivity (Wildman–Crippen MR) is 82.4 cm³/mol. The molecule has 2 rings (SSSR count). The Kier molecular flexibility index (Phi) is 4.86. The number of rotatable bonds is 3. The third-order valence-corrected chi connectivity index (χ3v) is 3.49. The smallest absolute Gasteiger partial charge is 0.236 e. The first-order chi connectivity index (χ1) is 9.72. The van der Waals surface area contributed by atoms with Gasteiger partial charge in [0.25, 0.3) is 0 Å². The van der Waals surface area contributed by atoms with Crippen LogP contribution in [0, 0.1) is 11.8 Å². The van der Waals surface area contributed by atoms with E-state index < -0.39 is 0 Å². The first kappa shape index (κ1) is 14.2. The molecule has 0 bridgehead atoms. The van der Waals surface area contributed by atoms with E-state index in [0.29, 0.717) is 11.3 Å². The van der Waals surface area contributed by atoms with Gasteiger partial charge < -0.3 is 4.74 Å². The number of hydrogen-bond acceptors (Lipinski definition) is 3. The number of Topliss-reactive ketones (excluding diaryl/α,β-unsaturated/α-hetero) is 1. The molecular weight excluding hydrogens is 268 g/mol. The van der Waals surface area contributed by atoms with E-state index in [1.807, 2.05) is 30.5 Å². The van der Waals surface area contributed by atoms with Crippen molar-refractivity contribution in [3.63, 3.8) is 0 Å². The highest BCUT2D eigenvalue weighted by Crippen LogP contribution is 2.15. The summed E-state index contributed by atoms with van der Waals surface area (Å²) in [7, 11) is 1.57. The van der Waals surface area contributed by atoms with Gasteiger partial charge in [0.2, 0.25) is 5.78 Å². The fraction of sp³-hybridized carbons (Fsp3) is 0.118. The molecule has 0 aliphatic carbocycles. The zero-order valence-electron chi connectivity index (χ0n) is 11.3. The number of ketones is 1. The van der Waals surface area contributed by atoms with Crippen molar-refractivity contribution < 1.29 is 9.53 Å². The maximum Gasteiger partial charge on any atom is 0.236 e. The Bertz CT molecular complexity index is 663. The van der Waals surface area contributed by atoms with Crippen LogP contribution in [0.5, 0.6) is 5.75 Å². The van der Waals surface area contributed by atoms with Crippen LogP contribution >= 0.6 is 11.8 Å². The van der Waals surface area contributed by atoms with Gasteiger partial charge in [0.15, 0.2) is 0 Å². The maximum absolute atomic E-state index is 12.0. The third kappa shape index (κ3) is 3.66. The fourth-order valence-corrected chi connectivity index (χ4v) is 2.05. The molecule has 0 aromatic heterocycles. The van der Waals surface area contributed by atoms with Crippen LogP contribution in [0.4, 0.5) is 0 Å². The number of carbonyl (C=O) groups excluding carboxylic acids is 1. The van der Waals surface area contributed by atoms with Crippen LogP contribution in [0.25, 0.3) is 0 Å². The minimum absolute atomic E-state index is 0.210. The molecule has 3 heteroatoms. The summed E-state index contributed by atoms with van der Waals surface area (Å²) in [6.45, 7) is 0. The molecule has 0 spiro atoms. The molecule has 0 amide bonds. The summed E-state index contributed by atoms with van der Waals surface area (Å²) in [4.78, 5) is 13.2. The summed E-state index contributed by atoms with van der Waals surface area (Å²) in [5.41, 5.74) is 1.37. The average molecular weight is 282 g/mol. The average Bonchev–Trinajstić information content (AvgIpc) is 2.53.